The fourth-order valence-electron chi connectivity index (χ4n) is 10.4. The summed E-state index contributed by atoms with van der Waals surface area (Å²) in [6.45, 7) is 15.6. The molecule has 5 fully saturated rings. The number of amides is 2. The van der Waals surface area contributed by atoms with E-state index in [0.717, 1.165) is 48.9 Å². The van der Waals surface area contributed by atoms with Gasteiger partial charge in [-0.3, -0.25) is 4.79 Å². The third-order valence-electron chi connectivity index (χ3n) is 12.5. The molecule has 0 aromatic rings. The van der Waals surface area contributed by atoms with Crippen molar-refractivity contribution in [3.63, 3.8) is 0 Å². The van der Waals surface area contributed by atoms with Crippen LogP contribution in [0.1, 0.15) is 112 Å². The van der Waals surface area contributed by atoms with E-state index < -0.39 is 5.60 Å². The number of nitrogens with zero attached hydrogens (tertiary/aromatic N) is 2. The van der Waals surface area contributed by atoms with E-state index in [1.165, 1.54) is 44.9 Å². The SMILES string of the molecule is C[C@H](CCC(=O)N1CCN(C(=O)OC(C)(C)C)CC1)[C@H]1CC[C@H]2[C@@H]3CC[C@H]4C[C@@H](O)CC[C@]4(C)[C@H]3CC[C@]12C. The smallest absolute Gasteiger partial charge is 0.410 e. The van der Waals surface area contributed by atoms with E-state index >= 15 is 0 Å². The molecule has 0 unspecified atom stereocenters. The number of rotatable bonds is 4. The van der Waals surface area contributed by atoms with Gasteiger partial charge in [0.25, 0.3) is 0 Å². The maximum atomic E-state index is 13.1. The van der Waals surface area contributed by atoms with Gasteiger partial charge in [0.15, 0.2) is 0 Å². The summed E-state index contributed by atoms with van der Waals surface area (Å²) in [6, 6.07) is 0. The number of aliphatic hydroxyl groups is 1. The van der Waals surface area contributed by atoms with Crippen LogP contribution in [0.3, 0.4) is 0 Å². The number of aliphatic hydroxyl groups excluding tert-OH is 1. The summed E-state index contributed by atoms with van der Waals surface area (Å²) in [5.74, 6) is 4.81. The van der Waals surface area contributed by atoms with Gasteiger partial charge >= 0.3 is 6.09 Å². The number of fused-ring (bicyclic) bond motifs is 5. The molecule has 4 saturated carbocycles. The summed E-state index contributed by atoms with van der Waals surface area (Å²) >= 11 is 0. The molecule has 1 N–H and O–H groups in total. The van der Waals surface area contributed by atoms with Crippen LogP contribution in [-0.2, 0) is 9.53 Å². The van der Waals surface area contributed by atoms with Crippen molar-refractivity contribution in [3.8, 4) is 0 Å². The monoisotopic (exact) mass is 544 g/mol. The fourth-order valence-corrected chi connectivity index (χ4v) is 10.4. The molecule has 1 aliphatic heterocycles. The predicted octanol–water partition coefficient (Wildman–Crippen LogP) is 6.50. The molecule has 39 heavy (non-hydrogen) atoms. The zero-order valence-electron chi connectivity index (χ0n) is 25.7. The lowest BCUT2D eigenvalue weighted by molar-refractivity contribution is -0.134. The van der Waals surface area contributed by atoms with Gasteiger partial charge in [0.05, 0.1) is 6.10 Å². The van der Waals surface area contributed by atoms with Crippen molar-refractivity contribution in [2.24, 2.45) is 46.3 Å². The number of hydrogen-bond donors (Lipinski definition) is 1. The first-order valence-electron chi connectivity index (χ1n) is 16.3. The van der Waals surface area contributed by atoms with E-state index in [0.29, 0.717) is 49.3 Å². The molecule has 222 valence electrons. The number of carbonyl (C=O) groups excluding carboxylic acids is 2. The third kappa shape index (κ3) is 5.62. The molecular weight excluding hydrogens is 488 g/mol. The Bertz CT molecular complexity index is 908. The standard InChI is InChI=1S/C33H56N2O4/c1-22(7-12-29(37)34-17-19-35(20-18-34)30(38)39-31(2,3)4)26-10-11-27-25-9-8-23-21-24(36)13-15-32(23,5)28(25)14-16-33(26,27)6/h22-28,36H,7-21H2,1-6H3/t22-,23+,24+,25+,26-,27+,28+,32+,33-/m1/s1. The topological polar surface area (TPSA) is 70.1 Å². The Labute approximate surface area is 237 Å². The van der Waals surface area contributed by atoms with Crippen molar-refractivity contribution >= 4 is 12.0 Å². The molecule has 6 nitrogen and oxygen atoms in total. The van der Waals surface area contributed by atoms with E-state index in [-0.39, 0.29) is 18.1 Å². The van der Waals surface area contributed by atoms with Gasteiger partial charge in [0.1, 0.15) is 5.60 Å². The molecule has 6 heteroatoms. The van der Waals surface area contributed by atoms with Gasteiger partial charge in [-0.05, 0) is 131 Å². The molecule has 0 aromatic heterocycles. The van der Waals surface area contributed by atoms with Crippen LogP contribution >= 0.6 is 0 Å². The normalized spacial score (nSPS) is 41.3. The summed E-state index contributed by atoms with van der Waals surface area (Å²) < 4.78 is 5.50. The number of piperazine rings is 1. The number of ether oxygens (including phenoxy) is 1. The van der Waals surface area contributed by atoms with Gasteiger partial charge in [-0.2, -0.15) is 0 Å². The molecule has 5 aliphatic rings. The summed E-state index contributed by atoms with van der Waals surface area (Å²) in [7, 11) is 0. The molecule has 1 saturated heterocycles. The fraction of sp³-hybridized carbons (Fsp3) is 0.939. The Kier molecular flexibility index (Phi) is 8.11. The van der Waals surface area contributed by atoms with E-state index in [1.807, 2.05) is 25.7 Å². The first-order valence-corrected chi connectivity index (χ1v) is 16.3. The summed E-state index contributed by atoms with van der Waals surface area (Å²) in [5, 5.41) is 10.3. The van der Waals surface area contributed by atoms with Crippen LogP contribution in [-0.4, -0.2) is 64.8 Å². The zero-order chi connectivity index (χ0) is 28.2. The molecule has 5 rings (SSSR count). The molecule has 9 atom stereocenters. The minimum atomic E-state index is -0.494. The van der Waals surface area contributed by atoms with Crippen LogP contribution in [0.15, 0.2) is 0 Å². The van der Waals surface area contributed by atoms with Crippen molar-refractivity contribution in [2.45, 2.75) is 124 Å². The van der Waals surface area contributed by atoms with E-state index in [9.17, 15) is 14.7 Å². The summed E-state index contributed by atoms with van der Waals surface area (Å²) in [6.07, 6.45) is 12.6. The van der Waals surface area contributed by atoms with Crippen molar-refractivity contribution < 1.29 is 19.4 Å². The number of carbonyl (C=O) groups is 2. The van der Waals surface area contributed by atoms with Gasteiger partial charge in [0, 0.05) is 32.6 Å². The second-order valence-corrected chi connectivity index (χ2v) is 15.7. The average molecular weight is 545 g/mol. The molecule has 2 amide bonds. The van der Waals surface area contributed by atoms with Gasteiger partial charge in [-0.15, -0.1) is 0 Å². The van der Waals surface area contributed by atoms with Gasteiger partial charge in [-0.25, -0.2) is 4.79 Å². The van der Waals surface area contributed by atoms with Crippen LogP contribution in [0.4, 0.5) is 4.79 Å². The average Bonchev–Trinajstić information content (AvgIpc) is 3.24. The molecule has 0 bridgehead atoms. The Hall–Kier alpha value is -1.30. The molecule has 4 aliphatic carbocycles. The minimum Gasteiger partial charge on any atom is -0.444 e. The maximum absolute atomic E-state index is 13.1. The first-order chi connectivity index (χ1) is 18.3. The second kappa shape index (κ2) is 10.8. The van der Waals surface area contributed by atoms with Crippen molar-refractivity contribution in [1.29, 1.82) is 0 Å². The van der Waals surface area contributed by atoms with Gasteiger partial charge < -0.3 is 19.6 Å². The van der Waals surface area contributed by atoms with Crippen LogP contribution in [0.25, 0.3) is 0 Å². The first kappa shape index (κ1) is 29.2. The van der Waals surface area contributed by atoms with E-state index in [2.05, 4.69) is 20.8 Å². The highest BCUT2D eigenvalue weighted by atomic mass is 16.6. The highest BCUT2D eigenvalue weighted by molar-refractivity contribution is 5.76. The van der Waals surface area contributed by atoms with E-state index in [1.54, 1.807) is 4.90 Å². The lowest BCUT2D eigenvalue weighted by Gasteiger charge is -2.61. The Morgan fingerprint density at radius 3 is 2.23 bits per heavy atom. The van der Waals surface area contributed by atoms with Crippen molar-refractivity contribution in [3.05, 3.63) is 0 Å². The lowest BCUT2D eigenvalue weighted by Crippen LogP contribution is -2.54. The lowest BCUT2D eigenvalue weighted by atomic mass is 9.44. The Balaban J connectivity index is 1.13. The van der Waals surface area contributed by atoms with Crippen molar-refractivity contribution in [2.75, 3.05) is 26.2 Å². The highest BCUT2D eigenvalue weighted by Gasteiger charge is 2.60. The molecular formula is C33H56N2O4. The van der Waals surface area contributed by atoms with Crippen LogP contribution in [0.5, 0.6) is 0 Å². The minimum absolute atomic E-state index is 0.0678. The second-order valence-electron chi connectivity index (χ2n) is 15.7. The largest absolute Gasteiger partial charge is 0.444 e. The van der Waals surface area contributed by atoms with Crippen LogP contribution < -0.4 is 0 Å². The molecule has 0 spiro atoms. The highest BCUT2D eigenvalue weighted by Crippen LogP contribution is 2.68. The third-order valence-corrected chi connectivity index (χ3v) is 12.5. The molecule has 0 aromatic carbocycles. The summed E-state index contributed by atoms with van der Waals surface area (Å²) in [5.41, 5.74) is 0.360. The van der Waals surface area contributed by atoms with E-state index in [4.69, 9.17) is 4.74 Å². The van der Waals surface area contributed by atoms with Crippen LogP contribution in [0, 0.1) is 46.3 Å². The molecule has 0 radical (unpaired) electrons. The zero-order valence-corrected chi connectivity index (χ0v) is 25.7. The summed E-state index contributed by atoms with van der Waals surface area (Å²) in [4.78, 5) is 29.2. The maximum Gasteiger partial charge on any atom is 0.410 e. The van der Waals surface area contributed by atoms with Crippen molar-refractivity contribution in [1.82, 2.24) is 9.80 Å². The van der Waals surface area contributed by atoms with Gasteiger partial charge in [0.2, 0.25) is 5.91 Å². The molecule has 1 heterocycles. The van der Waals surface area contributed by atoms with Crippen LogP contribution in [0.2, 0.25) is 0 Å². The quantitative estimate of drug-likeness (QED) is 0.438. The predicted molar refractivity (Wildman–Crippen MR) is 154 cm³/mol. The Morgan fingerprint density at radius 1 is 0.897 bits per heavy atom. The van der Waals surface area contributed by atoms with Gasteiger partial charge in [-0.1, -0.05) is 20.8 Å². The Morgan fingerprint density at radius 2 is 1.54 bits per heavy atom. The number of hydrogen-bond acceptors (Lipinski definition) is 4.